The van der Waals surface area contributed by atoms with E-state index in [2.05, 4.69) is 5.32 Å². The number of benzene rings is 2. The van der Waals surface area contributed by atoms with Gasteiger partial charge in [-0.1, -0.05) is 6.07 Å². The molecule has 0 spiro atoms. The van der Waals surface area contributed by atoms with Gasteiger partial charge in [0.1, 0.15) is 0 Å². The van der Waals surface area contributed by atoms with Gasteiger partial charge in [0.15, 0.2) is 6.10 Å². The molecule has 1 fully saturated rings. The average Bonchev–Trinajstić information content (AvgIpc) is 3.14. The van der Waals surface area contributed by atoms with Crippen LogP contribution in [0, 0.1) is 11.3 Å². The zero-order chi connectivity index (χ0) is 20.1. The molecule has 7 nitrogen and oxygen atoms in total. The molecule has 0 aromatic heterocycles. The van der Waals surface area contributed by atoms with E-state index < -0.39 is 18.0 Å². The zero-order valence-corrected chi connectivity index (χ0v) is 15.3. The fourth-order valence-corrected chi connectivity index (χ4v) is 2.89. The fraction of sp³-hybridized carbons (Fsp3) is 0.238. The van der Waals surface area contributed by atoms with E-state index in [4.69, 9.17) is 10.00 Å². The van der Waals surface area contributed by atoms with Gasteiger partial charge in [-0.2, -0.15) is 5.26 Å². The van der Waals surface area contributed by atoms with E-state index >= 15 is 0 Å². The number of rotatable bonds is 5. The summed E-state index contributed by atoms with van der Waals surface area (Å²) in [7, 11) is 0. The second kappa shape index (κ2) is 8.35. The highest BCUT2D eigenvalue weighted by Crippen LogP contribution is 2.22. The van der Waals surface area contributed by atoms with E-state index in [1.807, 2.05) is 6.07 Å². The maximum Gasteiger partial charge on any atom is 0.338 e. The second-order valence-electron chi connectivity index (χ2n) is 6.43. The van der Waals surface area contributed by atoms with Gasteiger partial charge in [-0.05, 0) is 55.8 Å². The number of esters is 1. The molecular formula is C21H19N3O4. The van der Waals surface area contributed by atoms with Gasteiger partial charge in [0.05, 0.1) is 17.2 Å². The number of hydrogen-bond acceptors (Lipinski definition) is 5. The van der Waals surface area contributed by atoms with Crippen LogP contribution >= 0.6 is 0 Å². The third kappa shape index (κ3) is 4.35. The molecule has 1 saturated heterocycles. The van der Waals surface area contributed by atoms with Crippen molar-refractivity contribution in [2.24, 2.45) is 0 Å². The lowest BCUT2D eigenvalue weighted by molar-refractivity contribution is -0.123. The van der Waals surface area contributed by atoms with E-state index in [1.54, 1.807) is 47.4 Å². The molecule has 0 aliphatic carbocycles. The van der Waals surface area contributed by atoms with Crippen molar-refractivity contribution >= 4 is 29.2 Å². The topological polar surface area (TPSA) is 99.5 Å². The van der Waals surface area contributed by atoms with Gasteiger partial charge in [-0.15, -0.1) is 0 Å². The number of nitrogens with zero attached hydrogens (tertiary/aromatic N) is 2. The molecule has 1 aliphatic heterocycles. The summed E-state index contributed by atoms with van der Waals surface area (Å²) in [6.07, 6.45) is 0.346. The lowest BCUT2D eigenvalue weighted by atomic mass is 10.2. The van der Waals surface area contributed by atoms with Crippen LogP contribution in [0.3, 0.4) is 0 Å². The number of amides is 2. The van der Waals surface area contributed by atoms with Crippen molar-refractivity contribution in [3.63, 3.8) is 0 Å². The van der Waals surface area contributed by atoms with E-state index in [9.17, 15) is 14.4 Å². The summed E-state index contributed by atoms with van der Waals surface area (Å²) < 4.78 is 5.22. The molecule has 0 bridgehead atoms. The summed E-state index contributed by atoms with van der Waals surface area (Å²) in [5.74, 6) is -1.06. The first-order valence-electron chi connectivity index (χ1n) is 8.90. The first-order chi connectivity index (χ1) is 13.5. The van der Waals surface area contributed by atoms with Crippen LogP contribution in [-0.2, 0) is 14.3 Å². The summed E-state index contributed by atoms with van der Waals surface area (Å²) in [6, 6.07) is 15.0. The Morgan fingerprint density at radius 1 is 1.21 bits per heavy atom. The molecule has 28 heavy (non-hydrogen) atoms. The second-order valence-corrected chi connectivity index (χ2v) is 6.43. The minimum atomic E-state index is -1.02. The summed E-state index contributed by atoms with van der Waals surface area (Å²) in [5, 5.41) is 11.5. The van der Waals surface area contributed by atoms with Crippen LogP contribution in [0.25, 0.3) is 0 Å². The standard InChI is InChI=1S/C21H19N3O4/c1-14(20(26)23-17-5-2-4-15(12-17)13-22)28-21(27)16-7-9-18(10-8-16)24-11-3-6-19(24)25/h2,4-5,7-10,12,14H,3,6,11H2,1H3,(H,23,26). The van der Waals surface area contributed by atoms with Gasteiger partial charge in [0, 0.05) is 24.3 Å². The first kappa shape index (κ1) is 19.1. The first-order valence-corrected chi connectivity index (χ1v) is 8.90. The Labute approximate surface area is 162 Å². The van der Waals surface area contributed by atoms with E-state index in [0.717, 1.165) is 12.1 Å². The van der Waals surface area contributed by atoms with Crippen LogP contribution < -0.4 is 10.2 Å². The Bertz CT molecular complexity index is 947. The number of carbonyl (C=O) groups is 3. The van der Waals surface area contributed by atoms with Crippen LogP contribution in [0.4, 0.5) is 11.4 Å². The molecule has 0 radical (unpaired) electrons. The molecule has 7 heteroatoms. The molecule has 1 aliphatic rings. The summed E-state index contributed by atoms with van der Waals surface area (Å²) in [6.45, 7) is 2.14. The fourth-order valence-electron chi connectivity index (χ4n) is 2.89. The Balaban J connectivity index is 1.59. The van der Waals surface area contributed by atoms with Crippen molar-refractivity contribution in [1.82, 2.24) is 0 Å². The van der Waals surface area contributed by atoms with Crippen molar-refractivity contribution in [3.8, 4) is 6.07 Å². The molecule has 2 amide bonds. The monoisotopic (exact) mass is 377 g/mol. The molecule has 1 atom stereocenters. The number of anilines is 2. The van der Waals surface area contributed by atoms with Crippen molar-refractivity contribution in [1.29, 1.82) is 5.26 Å². The Morgan fingerprint density at radius 2 is 1.96 bits per heavy atom. The Hall–Kier alpha value is -3.66. The predicted octanol–water partition coefficient (Wildman–Crippen LogP) is 2.87. The number of nitrogens with one attached hydrogen (secondary N) is 1. The Morgan fingerprint density at radius 3 is 2.61 bits per heavy atom. The van der Waals surface area contributed by atoms with Gasteiger partial charge in [0.2, 0.25) is 5.91 Å². The lowest BCUT2D eigenvalue weighted by Gasteiger charge is -2.16. The van der Waals surface area contributed by atoms with Crippen molar-refractivity contribution in [2.75, 3.05) is 16.8 Å². The summed E-state index contributed by atoms with van der Waals surface area (Å²) in [4.78, 5) is 38.0. The van der Waals surface area contributed by atoms with Crippen molar-refractivity contribution in [2.45, 2.75) is 25.9 Å². The minimum Gasteiger partial charge on any atom is -0.449 e. The third-order valence-electron chi connectivity index (χ3n) is 4.40. The predicted molar refractivity (Wildman–Crippen MR) is 103 cm³/mol. The maximum atomic E-state index is 12.3. The highest BCUT2D eigenvalue weighted by molar-refractivity contribution is 5.98. The highest BCUT2D eigenvalue weighted by atomic mass is 16.5. The number of hydrogen-bond donors (Lipinski definition) is 1. The highest BCUT2D eigenvalue weighted by Gasteiger charge is 2.23. The van der Waals surface area contributed by atoms with Crippen LogP contribution in [0.15, 0.2) is 48.5 Å². The average molecular weight is 377 g/mol. The van der Waals surface area contributed by atoms with E-state index in [0.29, 0.717) is 29.8 Å². The number of carbonyl (C=O) groups excluding carboxylic acids is 3. The van der Waals surface area contributed by atoms with Gasteiger partial charge in [-0.25, -0.2) is 4.79 Å². The molecule has 142 valence electrons. The number of ether oxygens (including phenoxy) is 1. The van der Waals surface area contributed by atoms with Crippen LogP contribution in [0.2, 0.25) is 0 Å². The molecule has 0 saturated carbocycles. The van der Waals surface area contributed by atoms with Gasteiger partial charge in [-0.3, -0.25) is 9.59 Å². The third-order valence-corrected chi connectivity index (χ3v) is 4.40. The molecule has 2 aromatic carbocycles. The molecular weight excluding hydrogens is 358 g/mol. The smallest absolute Gasteiger partial charge is 0.338 e. The molecule has 1 heterocycles. The normalized spacial score (nSPS) is 14.3. The van der Waals surface area contributed by atoms with Gasteiger partial charge >= 0.3 is 5.97 Å². The Kier molecular flexibility index (Phi) is 5.70. The van der Waals surface area contributed by atoms with Crippen molar-refractivity contribution in [3.05, 3.63) is 59.7 Å². The zero-order valence-electron chi connectivity index (χ0n) is 15.3. The van der Waals surface area contributed by atoms with E-state index in [1.165, 1.54) is 13.0 Å². The van der Waals surface area contributed by atoms with Crippen LogP contribution in [0.5, 0.6) is 0 Å². The van der Waals surface area contributed by atoms with E-state index in [-0.39, 0.29) is 5.91 Å². The van der Waals surface area contributed by atoms with Gasteiger partial charge in [0.25, 0.3) is 5.91 Å². The van der Waals surface area contributed by atoms with Crippen LogP contribution in [0.1, 0.15) is 35.7 Å². The molecule has 3 rings (SSSR count). The lowest BCUT2D eigenvalue weighted by Crippen LogP contribution is -2.30. The van der Waals surface area contributed by atoms with Crippen molar-refractivity contribution < 1.29 is 19.1 Å². The minimum absolute atomic E-state index is 0.0705. The quantitative estimate of drug-likeness (QED) is 0.808. The molecule has 1 N–H and O–H groups in total. The van der Waals surface area contributed by atoms with Crippen LogP contribution in [-0.4, -0.2) is 30.4 Å². The maximum absolute atomic E-state index is 12.3. The molecule has 1 unspecified atom stereocenters. The number of nitriles is 1. The molecule has 2 aromatic rings. The SMILES string of the molecule is CC(OC(=O)c1ccc(N2CCCC2=O)cc1)C(=O)Nc1cccc(C#N)c1. The summed E-state index contributed by atoms with van der Waals surface area (Å²) in [5.41, 5.74) is 1.90. The van der Waals surface area contributed by atoms with Gasteiger partial charge < -0.3 is 15.0 Å². The largest absolute Gasteiger partial charge is 0.449 e. The summed E-state index contributed by atoms with van der Waals surface area (Å²) >= 11 is 0.